The molecule has 0 spiro atoms. The largest absolute Gasteiger partial charge is 0.328 e. The van der Waals surface area contributed by atoms with Crippen molar-refractivity contribution in [3.8, 4) is 0 Å². The van der Waals surface area contributed by atoms with E-state index in [1.807, 2.05) is 0 Å². The molecular formula is C8H18N2. The second kappa shape index (κ2) is 3.35. The molecule has 2 unspecified atom stereocenters. The van der Waals surface area contributed by atoms with Crippen LogP contribution in [0.1, 0.15) is 26.7 Å². The molecule has 2 atom stereocenters. The maximum absolute atomic E-state index is 5.70. The summed E-state index contributed by atoms with van der Waals surface area (Å²) in [5.74, 6) is 0.612. The van der Waals surface area contributed by atoms with Gasteiger partial charge in [-0.2, -0.15) is 0 Å². The van der Waals surface area contributed by atoms with Gasteiger partial charge in [-0.25, -0.2) is 0 Å². The summed E-state index contributed by atoms with van der Waals surface area (Å²) in [5.41, 5.74) is 5.70. The summed E-state index contributed by atoms with van der Waals surface area (Å²) in [6.45, 7) is 5.35. The first-order valence-corrected chi connectivity index (χ1v) is 4.19. The fourth-order valence-corrected chi connectivity index (χ4v) is 0.826. The Hall–Kier alpha value is -0.0800. The normalized spacial score (nSPS) is 24.3. The number of nitrogens with two attached hydrogens (primary N) is 1. The molecule has 0 saturated heterocycles. The SMILES string of the molecule is CC(N)C(C)CNC1CC1. The lowest BCUT2D eigenvalue weighted by molar-refractivity contribution is 0.444. The summed E-state index contributed by atoms with van der Waals surface area (Å²) < 4.78 is 0. The van der Waals surface area contributed by atoms with Gasteiger partial charge in [0.15, 0.2) is 0 Å². The van der Waals surface area contributed by atoms with Gasteiger partial charge in [-0.15, -0.1) is 0 Å². The summed E-state index contributed by atoms with van der Waals surface area (Å²) in [5, 5.41) is 3.46. The van der Waals surface area contributed by atoms with Gasteiger partial charge in [0.05, 0.1) is 0 Å². The molecule has 2 nitrogen and oxygen atoms in total. The van der Waals surface area contributed by atoms with Crippen molar-refractivity contribution in [3.05, 3.63) is 0 Å². The van der Waals surface area contributed by atoms with Crippen LogP contribution in [0.4, 0.5) is 0 Å². The first-order valence-electron chi connectivity index (χ1n) is 4.19. The molecule has 0 aliphatic heterocycles. The maximum atomic E-state index is 5.70. The molecule has 10 heavy (non-hydrogen) atoms. The Bertz CT molecular complexity index is 97.4. The Morgan fingerprint density at radius 1 is 1.50 bits per heavy atom. The number of nitrogens with one attached hydrogen (secondary N) is 1. The van der Waals surface area contributed by atoms with E-state index in [9.17, 15) is 0 Å². The minimum absolute atomic E-state index is 0.325. The number of hydrogen-bond donors (Lipinski definition) is 2. The quantitative estimate of drug-likeness (QED) is 0.607. The predicted octanol–water partition coefficient (Wildman–Crippen LogP) is 0.722. The average Bonchev–Trinajstić information content (AvgIpc) is 2.64. The van der Waals surface area contributed by atoms with Crippen molar-refractivity contribution in [2.24, 2.45) is 11.7 Å². The summed E-state index contributed by atoms with van der Waals surface area (Å²) in [6, 6.07) is 1.15. The van der Waals surface area contributed by atoms with Gasteiger partial charge in [0, 0.05) is 12.1 Å². The molecule has 2 heteroatoms. The molecule has 0 amide bonds. The molecule has 0 heterocycles. The fourth-order valence-electron chi connectivity index (χ4n) is 0.826. The van der Waals surface area contributed by atoms with Gasteiger partial charge in [-0.1, -0.05) is 6.92 Å². The fraction of sp³-hybridized carbons (Fsp3) is 1.00. The van der Waals surface area contributed by atoms with E-state index in [-0.39, 0.29) is 0 Å². The van der Waals surface area contributed by atoms with Crippen molar-refractivity contribution in [2.75, 3.05) is 6.54 Å². The first kappa shape index (κ1) is 8.02. The Kier molecular flexibility index (Phi) is 2.69. The van der Waals surface area contributed by atoms with E-state index >= 15 is 0 Å². The van der Waals surface area contributed by atoms with E-state index in [2.05, 4.69) is 19.2 Å². The second-order valence-corrected chi connectivity index (χ2v) is 3.52. The molecule has 3 N–H and O–H groups in total. The topological polar surface area (TPSA) is 38.0 Å². The highest BCUT2D eigenvalue weighted by Gasteiger charge is 2.21. The minimum atomic E-state index is 0.325. The molecular weight excluding hydrogens is 124 g/mol. The van der Waals surface area contributed by atoms with Crippen LogP contribution in [-0.2, 0) is 0 Å². The van der Waals surface area contributed by atoms with E-state index in [1.54, 1.807) is 0 Å². The molecule has 0 radical (unpaired) electrons. The molecule has 1 saturated carbocycles. The Morgan fingerprint density at radius 3 is 2.50 bits per heavy atom. The highest BCUT2D eigenvalue weighted by molar-refractivity contribution is 4.82. The van der Waals surface area contributed by atoms with E-state index in [1.165, 1.54) is 12.8 Å². The van der Waals surface area contributed by atoms with Gasteiger partial charge < -0.3 is 11.1 Å². The Morgan fingerprint density at radius 2 is 2.10 bits per heavy atom. The van der Waals surface area contributed by atoms with Crippen molar-refractivity contribution in [1.29, 1.82) is 0 Å². The van der Waals surface area contributed by atoms with Crippen LogP contribution in [0, 0.1) is 5.92 Å². The summed E-state index contributed by atoms with van der Waals surface area (Å²) >= 11 is 0. The molecule has 1 rings (SSSR count). The van der Waals surface area contributed by atoms with Crippen molar-refractivity contribution >= 4 is 0 Å². The van der Waals surface area contributed by atoms with Crippen LogP contribution >= 0.6 is 0 Å². The maximum Gasteiger partial charge on any atom is 0.00683 e. The van der Waals surface area contributed by atoms with Crippen LogP contribution in [0.5, 0.6) is 0 Å². The lowest BCUT2D eigenvalue weighted by Crippen LogP contribution is -2.33. The van der Waals surface area contributed by atoms with Crippen molar-refractivity contribution in [3.63, 3.8) is 0 Å². The lowest BCUT2D eigenvalue weighted by atomic mass is 10.1. The third-order valence-corrected chi connectivity index (χ3v) is 2.20. The van der Waals surface area contributed by atoms with Gasteiger partial charge in [-0.3, -0.25) is 0 Å². The molecule has 0 aromatic rings. The van der Waals surface area contributed by atoms with Crippen molar-refractivity contribution in [1.82, 2.24) is 5.32 Å². The zero-order valence-electron chi connectivity index (χ0n) is 6.93. The number of hydrogen-bond acceptors (Lipinski definition) is 2. The Labute approximate surface area is 63.2 Å². The number of rotatable bonds is 4. The summed E-state index contributed by atoms with van der Waals surface area (Å²) in [4.78, 5) is 0. The summed E-state index contributed by atoms with van der Waals surface area (Å²) in [6.07, 6.45) is 2.73. The van der Waals surface area contributed by atoms with Gasteiger partial charge in [0.1, 0.15) is 0 Å². The van der Waals surface area contributed by atoms with Crippen LogP contribution in [-0.4, -0.2) is 18.6 Å². The predicted molar refractivity (Wildman–Crippen MR) is 43.8 cm³/mol. The van der Waals surface area contributed by atoms with Crippen LogP contribution in [0.2, 0.25) is 0 Å². The third-order valence-electron chi connectivity index (χ3n) is 2.20. The smallest absolute Gasteiger partial charge is 0.00683 e. The standard InChI is InChI=1S/C8H18N2/c1-6(7(2)9)5-10-8-3-4-8/h6-8,10H,3-5,9H2,1-2H3. The molecule has 0 aromatic heterocycles. The molecule has 0 bridgehead atoms. The van der Waals surface area contributed by atoms with Crippen LogP contribution in [0.25, 0.3) is 0 Å². The molecule has 1 aliphatic rings. The highest BCUT2D eigenvalue weighted by Crippen LogP contribution is 2.18. The zero-order chi connectivity index (χ0) is 7.56. The van der Waals surface area contributed by atoms with E-state index in [0.29, 0.717) is 12.0 Å². The molecule has 60 valence electrons. The van der Waals surface area contributed by atoms with E-state index < -0.39 is 0 Å². The third kappa shape index (κ3) is 2.67. The van der Waals surface area contributed by atoms with Crippen LogP contribution < -0.4 is 11.1 Å². The van der Waals surface area contributed by atoms with Gasteiger partial charge in [-0.05, 0) is 32.2 Å². The average molecular weight is 142 g/mol. The molecule has 1 aliphatic carbocycles. The van der Waals surface area contributed by atoms with E-state index in [4.69, 9.17) is 5.73 Å². The van der Waals surface area contributed by atoms with Crippen molar-refractivity contribution in [2.45, 2.75) is 38.8 Å². The van der Waals surface area contributed by atoms with Crippen molar-refractivity contribution < 1.29 is 0 Å². The second-order valence-electron chi connectivity index (χ2n) is 3.52. The zero-order valence-corrected chi connectivity index (χ0v) is 6.93. The van der Waals surface area contributed by atoms with E-state index in [0.717, 1.165) is 12.6 Å². The van der Waals surface area contributed by atoms with Crippen LogP contribution in [0.15, 0.2) is 0 Å². The Balaban J connectivity index is 1.99. The first-order chi connectivity index (χ1) is 4.70. The monoisotopic (exact) mass is 142 g/mol. The van der Waals surface area contributed by atoms with Crippen LogP contribution in [0.3, 0.4) is 0 Å². The highest BCUT2D eigenvalue weighted by atomic mass is 14.9. The summed E-state index contributed by atoms with van der Waals surface area (Å²) in [7, 11) is 0. The molecule has 0 aromatic carbocycles. The van der Waals surface area contributed by atoms with Gasteiger partial charge in [0.25, 0.3) is 0 Å². The minimum Gasteiger partial charge on any atom is -0.328 e. The molecule has 1 fully saturated rings. The van der Waals surface area contributed by atoms with Gasteiger partial charge >= 0.3 is 0 Å². The van der Waals surface area contributed by atoms with Gasteiger partial charge in [0.2, 0.25) is 0 Å². The lowest BCUT2D eigenvalue weighted by Gasteiger charge is -2.15.